The fourth-order valence-corrected chi connectivity index (χ4v) is 1.82. The normalized spacial score (nSPS) is 12.4. The lowest BCUT2D eigenvalue weighted by atomic mass is 10.1. The molecular formula is C11H23NO3S. The van der Waals surface area contributed by atoms with Gasteiger partial charge in [-0.3, -0.25) is 0 Å². The van der Waals surface area contributed by atoms with Crippen LogP contribution in [0.2, 0.25) is 0 Å². The molecule has 0 radical (unpaired) electrons. The number of aliphatic hydroxyl groups excluding tert-OH is 1. The lowest BCUT2D eigenvalue weighted by Gasteiger charge is -2.28. The number of nitrogens with one attached hydrogen (secondary N) is 1. The third-order valence-corrected chi connectivity index (χ3v) is 2.90. The van der Waals surface area contributed by atoms with E-state index in [-0.39, 0.29) is 12.1 Å². The fourth-order valence-electron chi connectivity index (χ4n) is 0.995. The van der Waals surface area contributed by atoms with Crippen LogP contribution in [0.1, 0.15) is 34.6 Å². The van der Waals surface area contributed by atoms with Crippen LogP contribution in [-0.2, 0) is 4.74 Å². The topological polar surface area (TPSA) is 58.6 Å². The first kappa shape index (κ1) is 15.6. The van der Waals surface area contributed by atoms with Crippen molar-refractivity contribution >= 4 is 17.9 Å². The van der Waals surface area contributed by atoms with E-state index in [0.29, 0.717) is 11.5 Å². The average Bonchev–Trinajstić information content (AvgIpc) is 1.98. The van der Waals surface area contributed by atoms with Gasteiger partial charge in [0.1, 0.15) is 5.60 Å². The van der Waals surface area contributed by atoms with Crippen molar-refractivity contribution < 1.29 is 14.6 Å². The van der Waals surface area contributed by atoms with Crippen LogP contribution in [-0.4, -0.2) is 40.5 Å². The van der Waals surface area contributed by atoms with E-state index in [1.54, 1.807) is 11.8 Å². The summed E-state index contributed by atoms with van der Waals surface area (Å²) >= 11 is 1.57. The number of ether oxygens (including phenoxy) is 1. The SMILES string of the molecule is CC(C)(C)NC(=O)OC(C)(C)CSCCO. The molecule has 0 atom stereocenters. The van der Waals surface area contributed by atoms with Crippen molar-refractivity contribution in [2.75, 3.05) is 18.1 Å². The number of alkyl carbamates (subject to hydrolysis) is 1. The van der Waals surface area contributed by atoms with E-state index >= 15 is 0 Å². The summed E-state index contributed by atoms with van der Waals surface area (Å²) in [5.74, 6) is 1.33. The number of hydrogen-bond donors (Lipinski definition) is 2. The van der Waals surface area contributed by atoms with Crippen LogP contribution >= 0.6 is 11.8 Å². The summed E-state index contributed by atoms with van der Waals surface area (Å²) in [5, 5.41) is 11.4. The van der Waals surface area contributed by atoms with E-state index in [0.717, 1.165) is 0 Å². The van der Waals surface area contributed by atoms with Gasteiger partial charge in [-0.05, 0) is 34.6 Å². The highest BCUT2D eigenvalue weighted by Gasteiger charge is 2.25. The molecule has 0 unspecified atom stereocenters. The Labute approximate surface area is 102 Å². The molecule has 16 heavy (non-hydrogen) atoms. The molecule has 0 aromatic carbocycles. The van der Waals surface area contributed by atoms with E-state index < -0.39 is 11.7 Å². The molecule has 0 aromatic rings. The molecule has 0 aliphatic rings. The van der Waals surface area contributed by atoms with Crippen molar-refractivity contribution in [1.29, 1.82) is 0 Å². The Morgan fingerprint density at radius 2 is 1.88 bits per heavy atom. The quantitative estimate of drug-likeness (QED) is 0.732. The number of carbonyl (C=O) groups is 1. The number of rotatable bonds is 5. The van der Waals surface area contributed by atoms with Crippen molar-refractivity contribution in [2.24, 2.45) is 0 Å². The highest BCUT2D eigenvalue weighted by atomic mass is 32.2. The maximum absolute atomic E-state index is 11.5. The van der Waals surface area contributed by atoms with Crippen molar-refractivity contribution in [3.8, 4) is 0 Å². The lowest BCUT2D eigenvalue weighted by Crippen LogP contribution is -2.45. The van der Waals surface area contributed by atoms with Gasteiger partial charge >= 0.3 is 6.09 Å². The minimum Gasteiger partial charge on any atom is -0.443 e. The summed E-state index contributed by atoms with van der Waals surface area (Å²) in [6.45, 7) is 9.58. The zero-order valence-corrected chi connectivity index (χ0v) is 11.6. The van der Waals surface area contributed by atoms with Crippen LogP contribution in [0.25, 0.3) is 0 Å². The molecule has 0 rings (SSSR count). The first-order valence-corrected chi connectivity index (χ1v) is 6.51. The van der Waals surface area contributed by atoms with E-state index in [9.17, 15) is 4.79 Å². The van der Waals surface area contributed by atoms with E-state index in [4.69, 9.17) is 9.84 Å². The summed E-state index contributed by atoms with van der Waals surface area (Å²) in [6, 6.07) is 0. The first-order chi connectivity index (χ1) is 7.16. The Morgan fingerprint density at radius 1 is 1.31 bits per heavy atom. The molecule has 4 nitrogen and oxygen atoms in total. The molecule has 0 saturated heterocycles. The number of hydrogen-bond acceptors (Lipinski definition) is 4. The highest BCUT2D eigenvalue weighted by molar-refractivity contribution is 7.99. The van der Waals surface area contributed by atoms with Gasteiger partial charge in [-0.25, -0.2) is 4.79 Å². The van der Waals surface area contributed by atoms with Crippen LogP contribution in [0.15, 0.2) is 0 Å². The predicted molar refractivity (Wildman–Crippen MR) is 67.9 cm³/mol. The molecule has 0 aliphatic heterocycles. The second kappa shape index (κ2) is 6.35. The first-order valence-electron chi connectivity index (χ1n) is 5.36. The van der Waals surface area contributed by atoms with Crippen molar-refractivity contribution in [1.82, 2.24) is 5.32 Å². The standard InChI is InChI=1S/C11H23NO3S/c1-10(2,3)12-9(14)15-11(4,5)8-16-7-6-13/h13H,6-8H2,1-5H3,(H,12,14). The van der Waals surface area contributed by atoms with Crippen molar-refractivity contribution in [3.05, 3.63) is 0 Å². The van der Waals surface area contributed by atoms with E-state index in [2.05, 4.69) is 5.32 Å². The third kappa shape index (κ3) is 8.85. The largest absolute Gasteiger partial charge is 0.443 e. The number of aliphatic hydroxyl groups is 1. The fraction of sp³-hybridized carbons (Fsp3) is 0.909. The molecule has 0 spiro atoms. The molecule has 0 bridgehead atoms. The van der Waals surface area contributed by atoms with Crippen molar-refractivity contribution in [2.45, 2.75) is 45.8 Å². The Morgan fingerprint density at radius 3 is 2.31 bits per heavy atom. The maximum atomic E-state index is 11.5. The number of thioether (sulfide) groups is 1. The smallest absolute Gasteiger partial charge is 0.408 e. The van der Waals surface area contributed by atoms with Gasteiger partial charge in [0.15, 0.2) is 0 Å². The summed E-state index contributed by atoms with van der Waals surface area (Å²) in [6.07, 6.45) is -0.401. The van der Waals surface area contributed by atoms with Gasteiger partial charge in [0.25, 0.3) is 0 Å². The maximum Gasteiger partial charge on any atom is 0.408 e. The summed E-state index contributed by atoms with van der Waals surface area (Å²) in [7, 11) is 0. The Bertz CT molecular complexity index is 224. The molecule has 1 amide bonds. The Kier molecular flexibility index (Phi) is 6.18. The third-order valence-electron chi connectivity index (χ3n) is 1.53. The Balaban J connectivity index is 4.00. The monoisotopic (exact) mass is 249 g/mol. The average molecular weight is 249 g/mol. The van der Waals surface area contributed by atoms with Crippen LogP contribution < -0.4 is 5.32 Å². The molecule has 0 aliphatic carbocycles. The minimum absolute atomic E-state index is 0.148. The summed E-state index contributed by atoms with van der Waals surface area (Å²) in [4.78, 5) is 11.5. The van der Waals surface area contributed by atoms with Gasteiger partial charge in [-0.15, -0.1) is 0 Å². The zero-order chi connectivity index (χ0) is 12.8. The Hall–Kier alpha value is -0.420. The van der Waals surface area contributed by atoms with Gasteiger partial charge in [-0.2, -0.15) is 11.8 Å². The predicted octanol–water partition coefficient (Wildman–Crippen LogP) is 2.02. The van der Waals surface area contributed by atoms with Gasteiger partial charge in [-0.1, -0.05) is 0 Å². The second-order valence-electron chi connectivity index (χ2n) is 5.30. The molecule has 2 N–H and O–H groups in total. The molecule has 0 fully saturated rings. The molecular weight excluding hydrogens is 226 g/mol. The summed E-state index contributed by atoms with van der Waals surface area (Å²) < 4.78 is 5.31. The molecule has 0 heterocycles. The lowest BCUT2D eigenvalue weighted by molar-refractivity contribution is 0.0512. The second-order valence-corrected chi connectivity index (χ2v) is 6.41. The highest BCUT2D eigenvalue weighted by Crippen LogP contribution is 2.17. The van der Waals surface area contributed by atoms with Crippen LogP contribution in [0.5, 0.6) is 0 Å². The van der Waals surface area contributed by atoms with Gasteiger partial charge in [0.2, 0.25) is 0 Å². The molecule has 5 heteroatoms. The molecule has 0 aromatic heterocycles. The van der Waals surface area contributed by atoms with Gasteiger partial charge in [0, 0.05) is 17.0 Å². The van der Waals surface area contributed by atoms with Gasteiger partial charge in [0.05, 0.1) is 6.61 Å². The molecule has 96 valence electrons. The zero-order valence-electron chi connectivity index (χ0n) is 10.8. The minimum atomic E-state index is -0.519. The van der Waals surface area contributed by atoms with Crippen molar-refractivity contribution in [3.63, 3.8) is 0 Å². The van der Waals surface area contributed by atoms with Crippen LogP contribution in [0.4, 0.5) is 4.79 Å². The van der Waals surface area contributed by atoms with Gasteiger partial charge < -0.3 is 15.2 Å². The number of amides is 1. The summed E-state index contributed by atoms with van der Waals surface area (Å²) in [5.41, 5.74) is -0.805. The van der Waals surface area contributed by atoms with E-state index in [1.165, 1.54) is 0 Å². The van der Waals surface area contributed by atoms with E-state index in [1.807, 2.05) is 34.6 Å². The number of carbonyl (C=O) groups excluding carboxylic acids is 1. The van der Waals surface area contributed by atoms with Crippen LogP contribution in [0, 0.1) is 0 Å². The molecule has 0 saturated carbocycles. The van der Waals surface area contributed by atoms with Crippen LogP contribution in [0.3, 0.4) is 0 Å².